The van der Waals surface area contributed by atoms with Crippen LogP contribution in [0.25, 0.3) is 0 Å². The normalized spacial score (nSPS) is 25.7. The molecule has 0 bridgehead atoms. The number of hydrogen-bond acceptors (Lipinski definition) is 6. The zero-order valence-electron chi connectivity index (χ0n) is 16.4. The maximum Gasteiger partial charge on any atom is 0.331 e. The van der Waals surface area contributed by atoms with Crippen molar-refractivity contribution in [2.24, 2.45) is 0 Å². The van der Waals surface area contributed by atoms with E-state index in [1.807, 2.05) is 30.3 Å². The van der Waals surface area contributed by atoms with Crippen molar-refractivity contribution in [1.29, 1.82) is 0 Å². The molecule has 1 fully saturated rings. The van der Waals surface area contributed by atoms with Gasteiger partial charge >= 0.3 is 5.69 Å². The lowest BCUT2D eigenvalue weighted by Gasteiger charge is -2.44. The minimum absolute atomic E-state index is 0.161. The monoisotopic (exact) mass is 410 g/mol. The first-order valence-electron chi connectivity index (χ1n) is 9.31. The number of H-pyrrole nitrogens is 1. The van der Waals surface area contributed by atoms with Crippen molar-refractivity contribution in [3.63, 3.8) is 0 Å². The lowest BCUT2D eigenvalue weighted by molar-refractivity contribution is -0.255. The summed E-state index contributed by atoms with van der Waals surface area (Å²) in [5, 5.41) is 21.3. The van der Waals surface area contributed by atoms with Crippen molar-refractivity contribution in [3.05, 3.63) is 68.5 Å². The molecule has 1 aromatic carbocycles. The summed E-state index contributed by atoms with van der Waals surface area (Å²) in [5.41, 5.74) is -2.11. The van der Waals surface area contributed by atoms with Crippen LogP contribution in [-0.2, 0) is 21.6 Å². The molecule has 0 aliphatic carbocycles. The van der Waals surface area contributed by atoms with Crippen molar-refractivity contribution in [2.45, 2.75) is 37.4 Å². The minimum Gasteiger partial charge on any atom is -0.388 e. The van der Waals surface area contributed by atoms with Crippen LogP contribution in [0.15, 0.2) is 46.1 Å². The van der Waals surface area contributed by atoms with Gasteiger partial charge in [0.05, 0.1) is 6.61 Å². The first kappa shape index (κ1) is 21.6. The number of hydrogen-bond donors (Lipinski definition) is 3. The van der Waals surface area contributed by atoms with E-state index in [1.54, 1.807) is 0 Å². The summed E-state index contributed by atoms with van der Waals surface area (Å²) in [7, 11) is 0. The van der Waals surface area contributed by atoms with Gasteiger partial charge in [0.15, 0.2) is 0 Å². The molecule has 2 heterocycles. The molecule has 0 radical (unpaired) electrons. The fourth-order valence-electron chi connectivity index (χ4n) is 3.24. The van der Waals surface area contributed by atoms with Gasteiger partial charge in [0.2, 0.25) is 5.72 Å². The molecule has 2 aromatic rings. The molecule has 8 heteroatoms. The molecule has 0 spiro atoms. The topological polar surface area (TPSA) is 114 Å². The molecule has 0 amide bonds. The van der Waals surface area contributed by atoms with Crippen molar-refractivity contribution < 1.29 is 19.7 Å². The highest BCUT2D eigenvalue weighted by Crippen LogP contribution is 2.31. The SMILES string of the molecule is C#CCO[C@@H]1[C@H](O)CO[C@@](C#CCc2ccccc2)(n2cc(C)c(=O)[nH]c2=O)[C@@H]1O. The molecule has 1 aromatic heterocycles. The molecule has 30 heavy (non-hydrogen) atoms. The Balaban J connectivity index is 2.10. The Bertz CT molecular complexity index is 1100. The van der Waals surface area contributed by atoms with Gasteiger partial charge in [-0.25, -0.2) is 4.79 Å². The molecule has 0 saturated carbocycles. The highest BCUT2D eigenvalue weighted by Gasteiger charge is 2.52. The second-order valence-electron chi connectivity index (χ2n) is 6.90. The van der Waals surface area contributed by atoms with Crippen LogP contribution in [0.5, 0.6) is 0 Å². The summed E-state index contributed by atoms with van der Waals surface area (Å²) in [5.74, 6) is 8.05. The second kappa shape index (κ2) is 9.12. The summed E-state index contributed by atoms with van der Waals surface area (Å²) >= 11 is 0. The predicted octanol–water partition coefficient (Wildman–Crippen LogP) is -0.486. The molecule has 1 aliphatic rings. The van der Waals surface area contributed by atoms with E-state index in [0.29, 0.717) is 6.42 Å². The van der Waals surface area contributed by atoms with Crippen molar-refractivity contribution in [3.8, 4) is 24.2 Å². The van der Waals surface area contributed by atoms with E-state index in [-0.39, 0.29) is 18.8 Å². The van der Waals surface area contributed by atoms with Crippen molar-refractivity contribution >= 4 is 0 Å². The Labute approximate surface area is 173 Å². The van der Waals surface area contributed by atoms with Gasteiger partial charge in [-0.3, -0.25) is 14.3 Å². The zero-order valence-corrected chi connectivity index (χ0v) is 16.4. The number of aromatic amines is 1. The van der Waals surface area contributed by atoms with E-state index in [9.17, 15) is 19.8 Å². The number of ether oxygens (including phenoxy) is 2. The Morgan fingerprint density at radius 2 is 2.07 bits per heavy atom. The van der Waals surface area contributed by atoms with Gasteiger partial charge in [0, 0.05) is 18.2 Å². The van der Waals surface area contributed by atoms with Crippen molar-refractivity contribution in [1.82, 2.24) is 9.55 Å². The first-order chi connectivity index (χ1) is 14.4. The number of nitrogens with zero attached hydrogens (tertiary/aromatic N) is 1. The van der Waals surface area contributed by atoms with E-state index in [0.717, 1.165) is 10.1 Å². The van der Waals surface area contributed by atoms with Crippen LogP contribution in [-0.4, -0.2) is 51.3 Å². The van der Waals surface area contributed by atoms with E-state index < -0.39 is 35.3 Å². The molecule has 156 valence electrons. The Morgan fingerprint density at radius 3 is 2.77 bits per heavy atom. The third-order valence-corrected chi connectivity index (χ3v) is 4.81. The van der Waals surface area contributed by atoms with Crippen LogP contribution in [0.3, 0.4) is 0 Å². The number of aliphatic hydroxyl groups excluding tert-OH is 2. The molecule has 3 N–H and O–H groups in total. The maximum atomic E-state index is 12.6. The fourth-order valence-corrected chi connectivity index (χ4v) is 3.24. The van der Waals surface area contributed by atoms with E-state index in [2.05, 4.69) is 22.7 Å². The average molecular weight is 410 g/mol. The van der Waals surface area contributed by atoms with Gasteiger partial charge in [-0.15, -0.1) is 6.42 Å². The highest BCUT2D eigenvalue weighted by molar-refractivity contribution is 5.25. The van der Waals surface area contributed by atoms with Gasteiger partial charge in [-0.1, -0.05) is 42.2 Å². The minimum atomic E-state index is -1.89. The number of nitrogens with one attached hydrogen (secondary N) is 1. The summed E-state index contributed by atoms with van der Waals surface area (Å²) in [4.78, 5) is 26.6. The maximum absolute atomic E-state index is 12.6. The van der Waals surface area contributed by atoms with E-state index in [1.165, 1.54) is 13.1 Å². The standard InChI is InChI=1S/C22H22N2O6/c1-3-12-29-18-17(25)14-30-22(19(18)26,11-7-10-16-8-5-4-6-9-16)24-13-15(2)20(27)23-21(24)28/h1,4-6,8-9,13,17-19,25-26H,10,12,14H2,2H3,(H,23,27,28)/t17-,18-,19-,22-/m1/s1. The lowest BCUT2D eigenvalue weighted by Crippen LogP contribution is -2.64. The molecule has 1 aliphatic heterocycles. The zero-order chi connectivity index (χ0) is 21.7. The molecular weight excluding hydrogens is 388 g/mol. The number of aliphatic hydroxyl groups is 2. The van der Waals surface area contributed by atoms with Crippen molar-refractivity contribution in [2.75, 3.05) is 13.2 Å². The summed E-state index contributed by atoms with van der Waals surface area (Å²) < 4.78 is 12.2. The van der Waals surface area contributed by atoms with Crippen LogP contribution in [0, 0.1) is 31.1 Å². The highest BCUT2D eigenvalue weighted by atomic mass is 16.6. The number of aryl methyl sites for hydroxylation is 1. The van der Waals surface area contributed by atoms with Crippen LogP contribution in [0.1, 0.15) is 11.1 Å². The van der Waals surface area contributed by atoms with Crippen LogP contribution in [0.4, 0.5) is 0 Å². The van der Waals surface area contributed by atoms with Gasteiger partial charge < -0.3 is 19.7 Å². The Morgan fingerprint density at radius 1 is 1.33 bits per heavy atom. The molecule has 0 unspecified atom stereocenters. The average Bonchev–Trinajstić information content (AvgIpc) is 2.73. The second-order valence-corrected chi connectivity index (χ2v) is 6.90. The third kappa shape index (κ3) is 4.23. The van der Waals surface area contributed by atoms with Gasteiger partial charge in [-0.2, -0.15) is 0 Å². The largest absolute Gasteiger partial charge is 0.388 e. The van der Waals surface area contributed by atoms with Crippen LogP contribution < -0.4 is 11.2 Å². The van der Waals surface area contributed by atoms with Gasteiger partial charge in [-0.05, 0) is 18.4 Å². The summed E-state index contributed by atoms with van der Waals surface area (Å²) in [6.45, 7) is 1.08. The number of aromatic nitrogens is 2. The van der Waals surface area contributed by atoms with Crippen LogP contribution >= 0.6 is 0 Å². The predicted molar refractivity (Wildman–Crippen MR) is 108 cm³/mol. The quantitative estimate of drug-likeness (QED) is 0.587. The molecule has 1 saturated heterocycles. The Hall–Kier alpha value is -3.14. The molecular formula is C22H22N2O6. The lowest BCUT2D eigenvalue weighted by atomic mass is 9.93. The Kier molecular flexibility index (Phi) is 6.56. The van der Waals surface area contributed by atoms with Gasteiger partial charge in [0.25, 0.3) is 5.56 Å². The third-order valence-electron chi connectivity index (χ3n) is 4.81. The smallest absolute Gasteiger partial charge is 0.331 e. The summed E-state index contributed by atoms with van der Waals surface area (Å²) in [6.07, 6.45) is 2.91. The number of benzene rings is 1. The fraction of sp³-hybridized carbons (Fsp3) is 0.364. The first-order valence-corrected chi connectivity index (χ1v) is 9.31. The molecule has 8 nitrogen and oxygen atoms in total. The number of rotatable bonds is 4. The molecule has 4 atom stereocenters. The molecule has 3 rings (SSSR count). The van der Waals surface area contributed by atoms with E-state index >= 15 is 0 Å². The summed E-state index contributed by atoms with van der Waals surface area (Å²) in [6, 6.07) is 9.39. The van der Waals surface area contributed by atoms with E-state index in [4.69, 9.17) is 15.9 Å². The van der Waals surface area contributed by atoms with Gasteiger partial charge in [0.1, 0.15) is 24.9 Å². The number of terminal acetylenes is 1. The van der Waals surface area contributed by atoms with Crippen LogP contribution in [0.2, 0.25) is 0 Å².